The van der Waals surface area contributed by atoms with Crippen molar-refractivity contribution >= 4 is 0 Å². The maximum Gasteiger partial charge on any atom is 0.0309 e. The summed E-state index contributed by atoms with van der Waals surface area (Å²) in [5.41, 5.74) is 0.815. The van der Waals surface area contributed by atoms with Crippen molar-refractivity contribution in [2.24, 2.45) is 5.41 Å². The molecular weight excluding hydrogens is 196 g/mol. The predicted molar refractivity (Wildman–Crippen MR) is 71.8 cm³/mol. The minimum Gasteiger partial charge on any atom is -0.310 e. The van der Waals surface area contributed by atoms with E-state index >= 15 is 0 Å². The van der Waals surface area contributed by atoms with E-state index in [4.69, 9.17) is 0 Å². The van der Waals surface area contributed by atoms with E-state index in [9.17, 15) is 0 Å². The van der Waals surface area contributed by atoms with Gasteiger partial charge in [0.05, 0.1) is 0 Å². The minimum atomic E-state index is 0.404. The topological polar surface area (TPSA) is 15.3 Å². The van der Waals surface area contributed by atoms with Gasteiger partial charge >= 0.3 is 0 Å². The lowest BCUT2D eigenvalue weighted by molar-refractivity contribution is 0.166. The second-order valence-electron chi connectivity index (χ2n) is 6.79. The van der Waals surface area contributed by atoms with E-state index in [1.165, 1.54) is 45.3 Å². The van der Waals surface area contributed by atoms with Crippen LogP contribution in [0.3, 0.4) is 0 Å². The highest BCUT2D eigenvalue weighted by Crippen LogP contribution is 2.26. The van der Waals surface area contributed by atoms with E-state index < -0.39 is 0 Å². The highest BCUT2D eigenvalue weighted by Gasteiger charge is 2.33. The van der Waals surface area contributed by atoms with Crippen LogP contribution < -0.4 is 5.32 Å². The van der Waals surface area contributed by atoms with Gasteiger partial charge in [0.1, 0.15) is 0 Å². The summed E-state index contributed by atoms with van der Waals surface area (Å²) < 4.78 is 0. The molecule has 0 aromatic rings. The Bertz CT molecular complexity index is 199. The Morgan fingerprint density at radius 1 is 1.31 bits per heavy atom. The smallest absolute Gasteiger partial charge is 0.0309 e. The van der Waals surface area contributed by atoms with Crippen molar-refractivity contribution in [3.63, 3.8) is 0 Å². The first-order valence-electron chi connectivity index (χ1n) is 6.80. The van der Waals surface area contributed by atoms with Gasteiger partial charge in [0, 0.05) is 18.6 Å². The maximum absolute atomic E-state index is 3.75. The average Bonchev–Trinajstić information content (AvgIpc) is 2.49. The van der Waals surface area contributed by atoms with Crippen molar-refractivity contribution in [2.75, 3.05) is 26.7 Å². The van der Waals surface area contributed by atoms with Crippen LogP contribution in [0.1, 0.15) is 53.4 Å². The Balaban J connectivity index is 2.48. The summed E-state index contributed by atoms with van der Waals surface area (Å²) in [5.74, 6) is 0. The highest BCUT2D eigenvalue weighted by molar-refractivity contribution is 4.95. The second kappa shape index (κ2) is 5.50. The van der Waals surface area contributed by atoms with Gasteiger partial charge in [0.25, 0.3) is 0 Å². The summed E-state index contributed by atoms with van der Waals surface area (Å²) in [6.07, 6.45) is 5.32. The average molecular weight is 226 g/mol. The highest BCUT2D eigenvalue weighted by atomic mass is 15.2. The molecule has 0 saturated carbocycles. The zero-order valence-electron chi connectivity index (χ0n) is 11.9. The molecule has 16 heavy (non-hydrogen) atoms. The quantitative estimate of drug-likeness (QED) is 0.775. The van der Waals surface area contributed by atoms with Crippen molar-refractivity contribution in [1.29, 1.82) is 0 Å². The van der Waals surface area contributed by atoms with Crippen LogP contribution in [0, 0.1) is 5.41 Å². The standard InChI is InChI=1S/C14H30N2/c1-6-8-14(9-7-10-15-14)12-16(5)11-13(2,3)4/h15H,6-12H2,1-5H3. The molecule has 1 rings (SSSR count). The lowest BCUT2D eigenvalue weighted by Crippen LogP contribution is -2.50. The van der Waals surface area contributed by atoms with Crippen molar-refractivity contribution in [3.8, 4) is 0 Å². The summed E-state index contributed by atoms with van der Waals surface area (Å²) in [6.45, 7) is 12.8. The Kier molecular flexibility index (Phi) is 4.81. The van der Waals surface area contributed by atoms with E-state index in [0.717, 1.165) is 0 Å². The summed E-state index contributed by atoms with van der Waals surface area (Å²) in [4.78, 5) is 2.51. The van der Waals surface area contributed by atoms with E-state index in [1.807, 2.05) is 0 Å². The molecule has 1 aliphatic rings. The molecule has 1 N–H and O–H groups in total. The first-order valence-corrected chi connectivity index (χ1v) is 6.80. The molecule has 0 spiro atoms. The van der Waals surface area contributed by atoms with Gasteiger partial charge in [0.2, 0.25) is 0 Å². The SMILES string of the molecule is CCCC1(CN(C)CC(C)(C)C)CCCN1. The first kappa shape index (κ1) is 14.0. The molecule has 2 heteroatoms. The van der Waals surface area contributed by atoms with Gasteiger partial charge in [-0.05, 0) is 38.3 Å². The van der Waals surface area contributed by atoms with Crippen LogP contribution in [0.15, 0.2) is 0 Å². The van der Waals surface area contributed by atoms with Crippen LogP contribution in [-0.4, -0.2) is 37.1 Å². The number of rotatable bonds is 5. The summed E-state index contributed by atoms with van der Waals surface area (Å²) >= 11 is 0. The molecule has 1 unspecified atom stereocenters. The minimum absolute atomic E-state index is 0.404. The Morgan fingerprint density at radius 2 is 2.00 bits per heavy atom. The molecule has 0 bridgehead atoms. The number of likely N-dealkylation sites (N-methyl/N-ethyl adjacent to an activating group) is 1. The monoisotopic (exact) mass is 226 g/mol. The maximum atomic E-state index is 3.75. The number of hydrogen-bond donors (Lipinski definition) is 1. The van der Waals surface area contributed by atoms with Crippen LogP contribution in [0.2, 0.25) is 0 Å². The van der Waals surface area contributed by atoms with Crippen LogP contribution >= 0.6 is 0 Å². The van der Waals surface area contributed by atoms with E-state index in [2.05, 4.69) is 45.0 Å². The molecule has 0 aromatic carbocycles. The molecule has 0 radical (unpaired) electrons. The molecule has 0 aliphatic carbocycles. The van der Waals surface area contributed by atoms with Crippen molar-refractivity contribution in [2.45, 2.75) is 58.9 Å². The van der Waals surface area contributed by atoms with Gasteiger partial charge in [-0.3, -0.25) is 0 Å². The summed E-state index contributed by atoms with van der Waals surface area (Å²) in [5, 5.41) is 3.75. The van der Waals surface area contributed by atoms with Crippen molar-refractivity contribution < 1.29 is 0 Å². The van der Waals surface area contributed by atoms with Crippen LogP contribution in [-0.2, 0) is 0 Å². The Morgan fingerprint density at radius 3 is 2.44 bits per heavy atom. The van der Waals surface area contributed by atoms with Crippen molar-refractivity contribution in [3.05, 3.63) is 0 Å². The molecule has 2 nitrogen and oxygen atoms in total. The molecule has 96 valence electrons. The zero-order chi connectivity index (χ0) is 12.2. The molecule has 1 saturated heterocycles. The van der Waals surface area contributed by atoms with Crippen LogP contribution in [0.25, 0.3) is 0 Å². The fourth-order valence-electron chi connectivity index (χ4n) is 3.16. The van der Waals surface area contributed by atoms with Gasteiger partial charge in [-0.1, -0.05) is 34.1 Å². The van der Waals surface area contributed by atoms with Gasteiger partial charge in [0.15, 0.2) is 0 Å². The lowest BCUT2D eigenvalue weighted by atomic mass is 9.90. The second-order valence-corrected chi connectivity index (χ2v) is 6.79. The Hall–Kier alpha value is -0.0800. The first-order chi connectivity index (χ1) is 7.37. The fourth-order valence-corrected chi connectivity index (χ4v) is 3.16. The van der Waals surface area contributed by atoms with Gasteiger partial charge in [-0.15, -0.1) is 0 Å². The predicted octanol–water partition coefficient (Wildman–Crippen LogP) is 2.89. The molecule has 0 aromatic heterocycles. The van der Waals surface area contributed by atoms with Crippen molar-refractivity contribution in [1.82, 2.24) is 10.2 Å². The van der Waals surface area contributed by atoms with E-state index in [-0.39, 0.29) is 0 Å². The normalized spacial score (nSPS) is 26.6. The number of nitrogens with zero attached hydrogens (tertiary/aromatic N) is 1. The van der Waals surface area contributed by atoms with Crippen LogP contribution in [0.5, 0.6) is 0 Å². The molecule has 1 aliphatic heterocycles. The van der Waals surface area contributed by atoms with Gasteiger partial charge < -0.3 is 10.2 Å². The molecule has 1 fully saturated rings. The molecular formula is C14H30N2. The third kappa shape index (κ3) is 4.42. The van der Waals surface area contributed by atoms with Gasteiger partial charge in [-0.25, -0.2) is 0 Å². The van der Waals surface area contributed by atoms with Crippen LogP contribution in [0.4, 0.5) is 0 Å². The third-order valence-corrected chi connectivity index (χ3v) is 3.38. The largest absolute Gasteiger partial charge is 0.310 e. The van der Waals surface area contributed by atoms with E-state index in [0.29, 0.717) is 11.0 Å². The zero-order valence-corrected chi connectivity index (χ0v) is 11.9. The molecule has 0 amide bonds. The summed E-state index contributed by atoms with van der Waals surface area (Å²) in [6, 6.07) is 0. The molecule has 1 atom stereocenters. The number of nitrogens with one attached hydrogen (secondary N) is 1. The molecule has 1 heterocycles. The third-order valence-electron chi connectivity index (χ3n) is 3.38. The van der Waals surface area contributed by atoms with E-state index in [1.54, 1.807) is 0 Å². The Labute approximate surface area is 102 Å². The van der Waals surface area contributed by atoms with Gasteiger partial charge in [-0.2, -0.15) is 0 Å². The lowest BCUT2D eigenvalue weighted by Gasteiger charge is -2.36. The summed E-state index contributed by atoms with van der Waals surface area (Å²) in [7, 11) is 2.27. The number of hydrogen-bond acceptors (Lipinski definition) is 2. The fraction of sp³-hybridized carbons (Fsp3) is 1.00.